The number of aromatic nitrogens is 1. The Bertz CT molecular complexity index is 812. The molecule has 1 unspecified atom stereocenters. The molecule has 2 N–H and O–H groups in total. The minimum atomic E-state index is 0. The van der Waals surface area contributed by atoms with Crippen LogP contribution in [0.25, 0.3) is 0 Å². The van der Waals surface area contributed by atoms with Crippen molar-refractivity contribution < 1.29 is 4.79 Å². The predicted molar refractivity (Wildman–Crippen MR) is 127 cm³/mol. The van der Waals surface area contributed by atoms with Crippen LogP contribution >= 0.6 is 24.0 Å². The smallest absolute Gasteiger partial charge is 0.223 e. The van der Waals surface area contributed by atoms with E-state index < -0.39 is 0 Å². The SMILES string of the molecule is CN=C(NCc1cccc(C)n1)NCC1CC(=O)N(CCc2ccccc2)C1.I. The summed E-state index contributed by atoms with van der Waals surface area (Å²) in [7, 11) is 1.75. The first kappa shape index (κ1) is 23.1. The zero-order valence-electron chi connectivity index (χ0n) is 17.1. The van der Waals surface area contributed by atoms with Gasteiger partial charge in [0.1, 0.15) is 0 Å². The van der Waals surface area contributed by atoms with E-state index in [1.54, 1.807) is 7.05 Å². The van der Waals surface area contributed by atoms with Crippen molar-refractivity contribution in [2.75, 3.05) is 26.7 Å². The second kappa shape index (κ2) is 11.7. The Balaban J connectivity index is 0.00000300. The summed E-state index contributed by atoms with van der Waals surface area (Å²) < 4.78 is 0. The van der Waals surface area contributed by atoms with Crippen molar-refractivity contribution in [1.29, 1.82) is 0 Å². The number of carbonyl (C=O) groups excluding carboxylic acids is 1. The van der Waals surface area contributed by atoms with Crippen molar-refractivity contribution in [2.45, 2.75) is 26.3 Å². The van der Waals surface area contributed by atoms with Gasteiger partial charge in [-0.25, -0.2) is 0 Å². The number of carbonyl (C=O) groups is 1. The molecule has 6 nitrogen and oxygen atoms in total. The van der Waals surface area contributed by atoms with Crippen molar-refractivity contribution in [3.05, 3.63) is 65.5 Å². The van der Waals surface area contributed by atoms with E-state index >= 15 is 0 Å². The monoisotopic (exact) mass is 507 g/mol. The van der Waals surface area contributed by atoms with E-state index in [9.17, 15) is 4.79 Å². The van der Waals surface area contributed by atoms with E-state index in [1.165, 1.54) is 5.56 Å². The first-order chi connectivity index (χ1) is 13.6. The Morgan fingerprint density at radius 3 is 2.69 bits per heavy atom. The molecule has 29 heavy (non-hydrogen) atoms. The third-order valence-corrected chi connectivity index (χ3v) is 4.97. The molecule has 1 amide bonds. The molecule has 1 fully saturated rings. The quantitative estimate of drug-likeness (QED) is 0.344. The largest absolute Gasteiger partial charge is 0.356 e. The van der Waals surface area contributed by atoms with Gasteiger partial charge < -0.3 is 15.5 Å². The first-order valence-electron chi connectivity index (χ1n) is 9.83. The maximum Gasteiger partial charge on any atom is 0.223 e. The number of halogens is 1. The molecule has 0 spiro atoms. The number of hydrogen-bond acceptors (Lipinski definition) is 3. The van der Waals surface area contributed by atoms with E-state index in [1.807, 2.05) is 48.2 Å². The number of benzene rings is 1. The third-order valence-electron chi connectivity index (χ3n) is 4.97. The molecule has 1 aromatic carbocycles. The highest BCUT2D eigenvalue weighted by atomic mass is 127. The summed E-state index contributed by atoms with van der Waals surface area (Å²) in [5.74, 6) is 1.28. The molecule has 2 aromatic rings. The summed E-state index contributed by atoms with van der Waals surface area (Å²) in [5.41, 5.74) is 3.25. The highest BCUT2D eigenvalue weighted by Crippen LogP contribution is 2.17. The topological polar surface area (TPSA) is 69.6 Å². The second-order valence-corrected chi connectivity index (χ2v) is 7.22. The lowest BCUT2D eigenvalue weighted by Gasteiger charge is -2.18. The van der Waals surface area contributed by atoms with Gasteiger partial charge in [-0.3, -0.25) is 14.8 Å². The summed E-state index contributed by atoms with van der Waals surface area (Å²) in [6.07, 6.45) is 1.50. The fraction of sp³-hybridized carbons (Fsp3) is 0.409. The molecular weight excluding hydrogens is 477 g/mol. The number of pyridine rings is 1. The lowest BCUT2D eigenvalue weighted by Crippen LogP contribution is -2.40. The Kier molecular flexibility index (Phi) is 9.37. The molecule has 3 rings (SSSR count). The number of amides is 1. The van der Waals surface area contributed by atoms with E-state index in [4.69, 9.17) is 0 Å². The molecule has 1 aliphatic rings. The zero-order valence-corrected chi connectivity index (χ0v) is 19.4. The first-order valence-corrected chi connectivity index (χ1v) is 9.83. The molecule has 1 aromatic heterocycles. The van der Waals surface area contributed by atoms with Gasteiger partial charge in [-0.1, -0.05) is 36.4 Å². The van der Waals surface area contributed by atoms with Crippen LogP contribution in [-0.2, 0) is 17.8 Å². The van der Waals surface area contributed by atoms with Crippen LogP contribution in [0.15, 0.2) is 53.5 Å². The number of aliphatic imine (C=N–C) groups is 1. The number of nitrogens with one attached hydrogen (secondary N) is 2. The predicted octanol–water partition coefficient (Wildman–Crippen LogP) is 2.76. The van der Waals surface area contributed by atoms with Crippen molar-refractivity contribution in [1.82, 2.24) is 20.5 Å². The second-order valence-electron chi connectivity index (χ2n) is 7.22. The van der Waals surface area contributed by atoms with Crippen LogP contribution in [0, 0.1) is 12.8 Å². The van der Waals surface area contributed by atoms with Crippen LogP contribution in [0.5, 0.6) is 0 Å². The van der Waals surface area contributed by atoms with Crippen LogP contribution in [0.2, 0.25) is 0 Å². The van der Waals surface area contributed by atoms with Crippen LogP contribution in [0.3, 0.4) is 0 Å². The van der Waals surface area contributed by atoms with Crippen molar-refractivity contribution >= 4 is 35.8 Å². The van der Waals surface area contributed by atoms with Gasteiger partial charge in [0.2, 0.25) is 5.91 Å². The van der Waals surface area contributed by atoms with Crippen LogP contribution in [-0.4, -0.2) is 48.4 Å². The maximum absolute atomic E-state index is 12.3. The van der Waals surface area contributed by atoms with Crippen LogP contribution in [0.1, 0.15) is 23.4 Å². The van der Waals surface area contributed by atoms with Crippen LogP contribution in [0.4, 0.5) is 0 Å². The van der Waals surface area contributed by atoms with E-state index in [0.29, 0.717) is 18.9 Å². The molecule has 1 aliphatic heterocycles. The third kappa shape index (κ3) is 7.30. The molecular formula is C22H30IN5O. The standard InChI is InChI=1S/C22H29N5O.HI/c1-17-7-6-10-20(26-17)15-25-22(23-2)24-14-19-13-21(28)27(16-19)12-11-18-8-4-3-5-9-18;/h3-10,19H,11-16H2,1-2H3,(H2,23,24,25);1H. The summed E-state index contributed by atoms with van der Waals surface area (Å²) in [6, 6.07) is 16.3. The number of nitrogens with zero attached hydrogens (tertiary/aromatic N) is 3. The molecule has 0 bridgehead atoms. The fourth-order valence-corrected chi connectivity index (χ4v) is 3.45. The van der Waals surface area contributed by atoms with Gasteiger partial charge in [0.25, 0.3) is 0 Å². The Morgan fingerprint density at radius 2 is 1.97 bits per heavy atom. The maximum atomic E-state index is 12.3. The molecule has 0 saturated carbocycles. The Morgan fingerprint density at radius 1 is 1.17 bits per heavy atom. The number of rotatable bonds is 7. The van der Waals surface area contributed by atoms with Gasteiger partial charge in [0.05, 0.1) is 12.2 Å². The minimum Gasteiger partial charge on any atom is -0.356 e. The summed E-state index contributed by atoms with van der Waals surface area (Å²) in [6.45, 7) is 4.92. The number of hydrogen-bond donors (Lipinski definition) is 2. The highest BCUT2D eigenvalue weighted by molar-refractivity contribution is 14.0. The fourth-order valence-electron chi connectivity index (χ4n) is 3.45. The molecule has 0 aliphatic carbocycles. The van der Waals surface area contributed by atoms with Gasteiger partial charge in [-0.2, -0.15) is 0 Å². The minimum absolute atomic E-state index is 0. The molecule has 0 radical (unpaired) electrons. The number of aryl methyl sites for hydroxylation is 1. The van der Waals surface area contributed by atoms with Crippen molar-refractivity contribution in [2.24, 2.45) is 10.9 Å². The van der Waals surface area contributed by atoms with Crippen molar-refractivity contribution in [3.8, 4) is 0 Å². The average molecular weight is 507 g/mol. The molecule has 156 valence electrons. The summed E-state index contributed by atoms with van der Waals surface area (Å²) in [5, 5.41) is 6.63. The zero-order chi connectivity index (χ0) is 19.8. The van der Waals surface area contributed by atoms with E-state index in [0.717, 1.165) is 43.4 Å². The molecule has 1 saturated heterocycles. The van der Waals surface area contributed by atoms with Gasteiger partial charge in [-0.15, -0.1) is 24.0 Å². The normalized spacial score (nSPS) is 16.5. The Hall–Kier alpha value is -2.16. The summed E-state index contributed by atoms with van der Waals surface area (Å²) >= 11 is 0. The number of likely N-dealkylation sites (tertiary alicyclic amines) is 1. The number of guanidine groups is 1. The Labute approximate surface area is 190 Å². The van der Waals surface area contributed by atoms with Gasteiger partial charge in [0.15, 0.2) is 5.96 Å². The van der Waals surface area contributed by atoms with E-state index in [-0.39, 0.29) is 29.9 Å². The average Bonchev–Trinajstić information content (AvgIpc) is 3.07. The van der Waals surface area contributed by atoms with E-state index in [2.05, 4.69) is 32.7 Å². The highest BCUT2D eigenvalue weighted by Gasteiger charge is 2.29. The lowest BCUT2D eigenvalue weighted by molar-refractivity contribution is -0.127. The molecule has 2 heterocycles. The van der Waals surface area contributed by atoms with Gasteiger partial charge in [0, 0.05) is 44.7 Å². The summed E-state index contributed by atoms with van der Waals surface area (Å²) in [4.78, 5) is 23.0. The van der Waals surface area contributed by atoms with Gasteiger partial charge >= 0.3 is 0 Å². The lowest BCUT2D eigenvalue weighted by atomic mass is 10.1. The van der Waals surface area contributed by atoms with Crippen molar-refractivity contribution in [3.63, 3.8) is 0 Å². The molecule has 7 heteroatoms. The molecule has 1 atom stereocenters. The van der Waals surface area contributed by atoms with Crippen LogP contribution < -0.4 is 10.6 Å². The van der Waals surface area contributed by atoms with Gasteiger partial charge in [-0.05, 0) is 31.0 Å².